The number of carbonyl (C=O) groups excluding carboxylic acids is 2. The van der Waals surface area contributed by atoms with Gasteiger partial charge in [-0.15, -0.1) is 5.10 Å². The second kappa shape index (κ2) is 7.70. The summed E-state index contributed by atoms with van der Waals surface area (Å²) >= 11 is 0. The van der Waals surface area contributed by atoms with Gasteiger partial charge in [0.25, 0.3) is 5.91 Å². The maximum Gasteiger partial charge on any atom is 0.435 e. The topological polar surface area (TPSA) is 92.2 Å². The molecule has 1 aliphatic heterocycles. The first-order chi connectivity index (χ1) is 14.7. The molecule has 3 aromatic rings. The number of benzene rings is 2. The Hall–Kier alpha value is -3.96. The Morgan fingerprint density at radius 1 is 1.10 bits per heavy atom. The fraction of sp³-hybridized carbons (Fsp3) is 0.158. The molecule has 1 fully saturated rings. The van der Waals surface area contributed by atoms with Gasteiger partial charge in [0, 0.05) is 24.5 Å². The highest BCUT2D eigenvalue weighted by atomic mass is 19.4. The standard InChI is InChI=1S/C19H14F4N6O2/c20-11-3-1-6-14(9-11)29-16(19(21,22)23)15(26-27-29)17(30)25-12-4-2-5-13(10-12)28-8-7-24-18(28)31/h1-6,9-10H,7-8H2,(H,24,31)(H,25,30). The fourth-order valence-corrected chi connectivity index (χ4v) is 3.14. The van der Waals surface area contributed by atoms with Crippen LogP contribution in [0.4, 0.5) is 33.7 Å². The van der Waals surface area contributed by atoms with Crippen LogP contribution in [0.15, 0.2) is 48.5 Å². The zero-order valence-electron chi connectivity index (χ0n) is 15.7. The number of amides is 3. The van der Waals surface area contributed by atoms with Crippen LogP contribution in [-0.4, -0.2) is 40.0 Å². The van der Waals surface area contributed by atoms with Gasteiger partial charge in [0.05, 0.1) is 5.69 Å². The number of nitrogens with one attached hydrogen (secondary N) is 2. The van der Waals surface area contributed by atoms with Crippen LogP contribution >= 0.6 is 0 Å². The van der Waals surface area contributed by atoms with Crippen LogP contribution in [0.5, 0.6) is 0 Å². The number of carbonyl (C=O) groups is 2. The van der Waals surface area contributed by atoms with E-state index in [4.69, 9.17) is 0 Å². The van der Waals surface area contributed by atoms with Crippen LogP contribution in [0, 0.1) is 5.82 Å². The van der Waals surface area contributed by atoms with E-state index in [9.17, 15) is 27.2 Å². The van der Waals surface area contributed by atoms with Crippen molar-refractivity contribution in [2.75, 3.05) is 23.3 Å². The molecule has 0 saturated carbocycles. The Bertz CT molecular complexity index is 1160. The van der Waals surface area contributed by atoms with E-state index in [2.05, 4.69) is 20.9 Å². The molecule has 12 heteroatoms. The maximum absolute atomic E-state index is 13.7. The molecule has 0 atom stereocenters. The smallest absolute Gasteiger partial charge is 0.336 e. The van der Waals surface area contributed by atoms with E-state index < -0.39 is 29.3 Å². The van der Waals surface area contributed by atoms with E-state index in [0.717, 1.165) is 12.1 Å². The third kappa shape index (κ3) is 4.04. The summed E-state index contributed by atoms with van der Waals surface area (Å²) in [5.41, 5.74) is -2.02. The molecular weight excluding hydrogens is 420 g/mol. The van der Waals surface area contributed by atoms with Crippen LogP contribution in [0.3, 0.4) is 0 Å². The summed E-state index contributed by atoms with van der Waals surface area (Å²) in [5.74, 6) is -1.92. The summed E-state index contributed by atoms with van der Waals surface area (Å²) in [7, 11) is 0. The van der Waals surface area contributed by atoms with Crippen LogP contribution in [0.25, 0.3) is 5.69 Å². The van der Waals surface area contributed by atoms with Crippen LogP contribution in [0.1, 0.15) is 16.2 Å². The minimum atomic E-state index is -4.99. The number of hydrogen-bond donors (Lipinski definition) is 2. The zero-order chi connectivity index (χ0) is 22.2. The molecule has 2 aromatic carbocycles. The molecule has 1 saturated heterocycles. The first kappa shape index (κ1) is 20.3. The molecule has 2 N–H and O–H groups in total. The van der Waals surface area contributed by atoms with Crippen LogP contribution in [-0.2, 0) is 6.18 Å². The Labute approximate surface area is 172 Å². The van der Waals surface area contributed by atoms with Gasteiger partial charge in [-0.2, -0.15) is 13.2 Å². The van der Waals surface area contributed by atoms with Crippen molar-refractivity contribution < 1.29 is 27.2 Å². The van der Waals surface area contributed by atoms with Crippen molar-refractivity contribution in [1.29, 1.82) is 0 Å². The lowest BCUT2D eigenvalue weighted by Crippen LogP contribution is -2.27. The van der Waals surface area contributed by atoms with E-state index in [1.165, 1.54) is 29.2 Å². The second-order valence-electron chi connectivity index (χ2n) is 6.56. The van der Waals surface area contributed by atoms with Crippen LogP contribution < -0.4 is 15.5 Å². The summed E-state index contributed by atoms with van der Waals surface area (Å²) in [5, 5.41) is 11.8. The van der Waals surface area contributed by atoms with Gasteiger partial charge in [-0.05, 0) is 36.4 Å². The number of anilines is 2. The highest BCUT2D eigenvalue weighted by Crippen LogP contribution is 2.33. The molecule has 2 heterocycles. The molecule has 1 aliphatic rings. The first-order valence-corrected chi connectivity index (χ1v) is 8.99. The second-order valence-corrected chi connectivity index (χ2v) is 6.56. The van der Waals surface area contributed by atoms with Crippen molar-refractivity contribution in [2.24, 2.45) is 0 Å². The molecule has 31 heavy (non-hydrogen) atoms. The monoisotopic (exact) mass is 434 g/mol. The van der Waals surface area contributed by atoms with E-state index in [1.807, 2.05) is 0 Å². The normalized spacial score (nSPS) is 13.9. The van der Waals surface area contributed by atoms with Crippen molar-refractivity contribution in [1.82, 2.24) is 20.3 Å². The fourth-order valence-electron chi connectivity index (χ4n) is 3.14. The zero-order valence-corrected chi connectivity index (χ0v) is 15.7. The van der Waals surface area contributed by atoms with Gasteiger partial charge in [-0.1, -0.05) is 17.3 Å². The number of hydrogen-bond acceptors (Lipinski definition) is 4. The average Bonchev–Trinajstić information content (AvgIpc) is 3.34. The Morgan fingerprint density at radius 2 is 1.84 bits per heavy atom. The molecule has 3 amide bonds. The summed E-state index contributed by atoms with van der Waals surface area (Å²) in [6.07, 6.45) is -4.99. The molecule has 0 unspecified atom stereocenters. The molecule has 0 radical (unpaired) electrons. The van der Waals surface area contributed by atoms with E-state index in [-0.39, 0.29) is 17.4 Å². The molecule has 160 valence electrons. The Morgan fingerprint density at radius 3 is 2.52 bits per heavy atom. The van der Waals surface area contributed by atoms with Gasteiger partial charge < -0.3 is 10.6 Å². The van der Waals surface area contributed by atoms with Crippen molar-refractivity contribution in [3.63, 3.8) is 0 Å². The summed E-state index contributed by atoms with van der Waals surface area (Å²) in [4.78, 5) is 25.8. The van der Waals surface area contributed by atoms with Gasteiger partial charge in [0.15, 0.2) is 11.4 Å². The maximum atomic E-state index is 13.7. The lowest BCUT2D eigenvalue weighted by atomic mass is 10.2. The lowest BCUT2D eigenvalue weighted by Gasteiger charge is -2.15. The van der Waals surface area contributed by atoms with E-state index >= 15 is 0 Å². The molecule has 0 spiro atoms. The SMILES string of the molecule is O=C(Nc1cccc(N2CCNC2=O)c1)c1nnn(-c2cccc(F)c2)c1C(F)(F)F. The van der Waals surface area contributed by atoms with E-state index in [0.29, 0.717) is 23.5 Å². The quantitative estimate of drug-likeness (QED) is 0.617. The molecular formula is C19H14F4N6O2. The highest BCUT2D eigenvalue weighted by molar-refractivity contribution is 6.04. The lowest BCUT2D eigenvalue weighted by molar-refractivity contribution is -0.143. The van der Waals surface area contributed by atoms with Gasteiger partial charge in [-0.3, -0.25) is 9.69 Å². The van der Waals surface area contributed by atoms with Gasteiger partial charge >= 0.3 is 12.2 Å². The van der Waals surface area contributed by atoms with Crippen LogP contribution in [0.2, 0.25) is 0 Å². The van der Waals surface area contributed by atoms with Crippen molar-refractivity contribution in [3.8, 4) is 5.69 Å². The number of alkyl halides is 3. The molecule has 0 aliphatic carbocycles. The highest BCUT2D eigenvalue weighted by Gasteiger charge is 2.42. The third-order valence-electron chi connectivity index (χ3n) is 4.48. The average molecular weight is 434 g/mol. The number of aromatic nitrogens is 3. The summed E-state index contributed by atoms with van der Waals surface area (Å²) in [6, 6.07) is 10.1. The van der Waals surface area contributed by atoms with Gasteiger partial charge in [-0.25, -0.2) is 13.9 Å². The van der Waals surface area contributed by atoms with E-state index in [1.54, 1.807) is 12.1 Å². The number of rotatable bonds is 4. The van der Waals surface area contributed by atoms with Gasteiger partial charge in [0.2, 0.25) is 0 Å². The minimum absolute atomic E-state index is 0.163. The predicted molar refractivity (Wildman–Crippen MR) is 101 cm³/mol. The van der Waals surface area contributed by atoms with Crippen molar-refractivity contribution in [2.45, 2.75) is 6.18 Å². The van der Waals surface area contributed by atoms with Crippen molar-refractivity contribution >= 4 is 23.3 Å². The first-order valence-electron chi connectivity index (χ1n) is 8.99. The molecule has 4 rings (SSSR count). The number of urea groups is 1. The number of halogens is 4. The summed E-state index contributed by atoms with van der Waals surface area (Å²) < 4.78 is 55.0. The Balaban J connectivity index is 1.66. The predicted octanol–water partition coefficient (Wildman–Crippen LogP) is 3.21. The third-order valence-corrected chi connectivity index (χ3v) is 4.48. The largest absolute Gasteiger partial charge is 0.435 e. The molecule has 1 aromatic heterocycles. The minimum Gasteiger partial charge on any atom is -0.336 e. The van der Waals surface area contributed by atoms with Gasteiger partial charge in [0.1, 0.15) is 5.82 Å². The molecule has 8 nitrogen and oxygen atoms in total. The number of nitrogens with zero attached hydrogens (tertiary/aromatic N) is 4. The molecule has 0 bridgehead atoms. The summed E-state index contributed by atoms with van der Waals surface area (Å²) in [6.45, 7) is 0.865. The Kier molecular flexibility index (Phi) is 5.05. The van der Waals surface area contributed by atoms with Crippen molar-refractivity contribution in [3.05, 3.63) is 65.7 Å².